The van der Waals surface area contributed by atoms with E-state index in [1.807, 2.05) is 6.07 Å². The predicted molar refractivity (Wildman–Crippen MR) is 77.2 cm³/mol. The van der Waals surface area contributed by atoms with Gasteiger partial charge in [-0.2, -0.15) is 4.98 Å². The molecule has 0 spiro atoms. The van der Waals surface area contributed by atoms with Crippen LogP contribution in [0.15, 0.2) is 12.1 Å². The number of nitrogens with one attached hydrogen (secondary N) is 1. The number of fused-ring (bicyclic) bond motifs is 2. The van der Waals surface area contributed by atoms with Gasteiger partial charge < -0.3 is 15.8 Å². The number of nitrogens with two attached hydrogens (primary N) is 1. The van der Waals surface area contributed by atoms with E-state index in [1.165, 1.54) is 25.7 Å². The van der Waals surface area contributed by atoms with E-state index >= 15 is 0 Å². The molecule has 0 aliphatic heterocycles. The van der Waals surface area contributed by atoms with Crippen molar-refractivity contribution in [2.45, 2.75) is 38.6 Å². The van der Waals surface area contributed by atoms with Gasteiger partial charge in [-0.05, 0) is 50.0 Å². The van der Waals surface area contributed by atoms with Crippen molar-refractivity contribution in [3.63, 3.8) is 0 Å². The maximum atomic E-state index is 5.99. The Bertz CT molecular complexity index is 463. The first kappa shape index (κ1) is 12.6. The third-order valence-corrected chi connectivity index (χ3v) is 4.91. The molecule has 1 aromatic rings. The van der Waals surface area contributed by atoms with Gasteiger partial charge in [-0.1, -0.05) is 6.42 Å². The molecule has 4 unspecified atom stereocenters. The Morgan fingerprint density at radius 1 is 1.37 bits per heavy atom. The molecule has 2 aliphatic carbocycles. The summed E-state index contributed by atoms with van der Waals surface area (Å²) in [4.78, 5) is 4.41. The van der Waals surface area contributed by atoms with Gasteiger partial charge in [0, 0.05) is 12.1 Å². The summed E-state index contributed by atoms with van der Waals surface area (Å²) in [7, 11) is 1.63. The van der Waals surface area contributed by atoms with Gasteiger partial charge in [0.1, 0.15) is 0 Å². The molecule has 0 aromatic carbocycles. The topological polar surface area (TPSA) is 60.2 Å². The first-order valence-corrected chi connectivity index (χ1v) is 7.24. The van der Waals surface area contributed by atoms with E-state index in [0.29, 0.717) is 17.6 Å². The number of nitrogen functional groups attached to an aromatic ring is 1. The lowest BCUT2D eigenvalue weighted by Crippen LogP contribution is -2.30. The van der Waals surface area contributed by atoms with E-state index in [2.05, 4.69) is 17.2 Å². The minimum absolute atomic E-state index is 0.428. The van der Waals surface area contributed by atoms with Crippen LogP contribution >= 0.6 is 0 Å². The Hall–Kier alpha value is -1.45. The smallest absolute Gasteiger partial charge is 0.215 e. The molecule has 4 nitrogen and oxygen atoms in total. The van der Waals surface area contributed by atoms with Crippen molar-refractivity contribution in [3.05, 3.63) is 12.1 Å². The number of hydrogen-bond donors (Lipinski definition) is 2. The third-order valence-electron chi connectivity index (χ3n) is 4.91. The summed E-state index contributed by atoms with van der Waals surface area (Å²) < 4.78 is 5.16. The highest BCUT2D eigenvalue weighted by molar-refractivity contribution is 5.62. The lowest BCUT2D eigenvalue weighted by atomic mass is 9.84. The third kappa shape index (κ3) is 2.36. The maximum Gasteiger partial charge on any atom is 0.215 e. The molecule has 1 aromatic heterocycles. The number of nitrogens with zero attached hydrogens (tertiary/aromatic N) is 1. The second kappa shape index (κ2) is 4.91. The number of pyridine rings is 1. The van der Waals surface area contributed by atoms with Gasteiger partial charge in [-0.3, -0.25) is 0 Å². The van der Waals surface area contributed by atoms with Gasteiger partial charge in [-0.15, -0.1) is 0 Å². The fourth-order valence-corrected chi connectivity index (χ4v) is 3.91. The number of methoxy groups -OCH3 is 1. The molecule has 3 rings (SSSR count). The summed E-state index contributed by atoms with van der Waals surface area (Å²) in [5, 5.41) is 3.50. The molecule has 4 atom stereocenters. The highest BCUT2D eigenvalue weighted by Gasteiger charge is 2.41. The Morgan fingerprint density at radius 3 is 2.84 bits per heavy atom. The van der Waals surface area contributed by atoms with Crippen molar-refractivity contribution in [2.24, 2.45) is 17.8 Å². The minimum Gasteiger partial charge on any atom is -0.481 e. The fourth-order valence-electron chi connectivity index (χ4n) is 3.91. The van der Waals surface area contributed by atoms with Crippen LogP contribution in [0.25, 0.3) is 0 Å². The average molecular weight is 261 g/mol. The minimum atomic E-state index is 0.428. The van der Waals surface area contributed by atoms with Crippen molar-refractivity contribution in [1.82, 2.24) is 4.98 Å². The number of ether oxygens (including phenoxy) is 1. The van der Waals surface area contributed by atoms with Gasteiger partial charge in [0.2, 0.25) is 5.88 Å². The van der Waals surface area contributed by atoms with Gasteiger partial charge in [-0.25, -0.2) is 0 Å². The monoisotopic (exact) mass is 261 g/mol. The molecule has 2 saturated carbocycles. The van der Waals surface area contributed by atoms with E-state index < -0.39 is 0 Å². The van der Waals surface area contributed by atoms with Crippen LogP contribution < -0.4 is 15.8 Å². The van der Waals surface area contributed by atoms with Crippen molar-refractivity contribution >= 4 is 11.5 Å². The van der Waals surface area contributed by atoms with Crippen LogP contribution in [0.1, 0.15) is 32.6 Å². The zero-order valence-corrected chi connectivity index (χ0v) is 11.7. The molecule has 104 valence electrons. The van der Waals surface area contributed by atoms with E-state index in [4.69, 9.17) is 10.5 Å². The Balaban J connectivity index is 1.70. The van der Waals surface area contributed by atoms with Crippen molar-refractivity contribution in [3.8, 4) is 5.88 Å². The zero-order valence-electron chi connectivity index (χ0n) is 11.7. The molecule has 2 aliphatic rings. The average Bonchev–Trinajstić information content (AvgIpc) is 3.03. The second-order valence-electron chi connectivity index (χ2n) is 6.06. The molecule has 2 fully saturated rings. The zero-order chi connectivity index (χ0) is 13.4. The van der Waals surface area contributed by atoms with Crippen LogP contribution in [0.2, 0.25) is 0 Å². The van der Waals surface area contributed by atoms with Gasteiger partial charge in [0.15, 0.2) is 5.82 Å². The number of rotatable bonds is 4. The van der Waals surface area contributed by atoms with Crippen LogP contribution in [0, 0.1) is 17.8 Å². The fraction of sp³-hybridized carbons (Fsp3) is 0.667. The summed E-state index contributed by atoms with van der Waals surface area (Å²) in [6.45, 7) is 2.26. The van der Waals surface area contributed by atoms with Crippen molar-refractivity contribution in [2.75, 3.05) is 18.2 Å². The molecule has 0 saturated heterocycles. The Kier molecular flexibility index (Phi) is 3.25. The first-order chi connectivity index (χ1) is 9.17. The largest absolute Gasteiger partial charge is 0.481 e. The van der Waals surface area contributed by atoms with Crippen LogP contribution in [0.3, 0.4) is 0 Å². The van der Waals surface area contributed by atoms with Gasteiger partial charge in [0.25, 0.3) is 0 Å². The van der Waals surface area contributed by atoms with Crippen LogP contribution in [-0.2, 0) is 0 Å². The lowest BCUT2D eigenvalue weighted by Gasteiger charge is -2.29. The van der Waals surface area contributed by atoms with E-state index in [0.717, 1.165) is 23.6 Å². The molecular formula is C15H23N3O. The predicted octanol–water partition coefficient (Wildman–Crippen LogP) is 2.91. The summed E-state index contributed by atoms with van der Waals surface area (Å²) >= 11 is 0. The van der Waals surface area contributed by atoms with Crippen LogP contribution in [-0.4, -0.2) is 18.1 Å². The quantitative estimate of drug-likeness (QED) is 0.875. The normalized spacial score (nSPS) is 30.3. The summed E-state index contributed by atoms with van der Waals surface area (Å²) in [5.74, 6) is 4.01. The molecule has 4 heteroatoms. The lowest BCUT2D eigenvalue weighted by molar-refractivity contribution is 0.303. The summed E-state index contributed by atoms with van der Waals surface area (Å²) in [6.07, 6.45) is 5.64. The maximum absolute atomic E-state index is 5.99. The Labute approximate surface area is 114 Å². The van der Waals surface area contributed by atoms with E-state index in [9.17, 15) is 0 Å². The molecule has 0 radical (unpaired) electrons. The van der Waals surface area contributed by atoms with Crippen LogP contribution in [0.4, 0.5) is 11.5 Å². The SMILES string of the molecule is COc1ccc(N)c(NC(C)C2CC3CCC2C3)n1. The standard InChI is InChI=1S/C15H23N3O/c1-9(12-8-10-3-4-11(12)7-10)17-15-13(16)5-6-14(18-15)19-2/h5-6,9-12H,3-4,7-8,16H2,1-2H3,(H,17,18). The van der Waals surface area contributed by atoms with Gasteiger partial charge >= 0.3 is 0 Å². The first-order valence-electron chi connectivity index (χ1n) is 7.24. The molecule has 0 amide bonds. The number of anilines is 2. The number of aromatic nitrogens is 1. The van der Waals surface area contributed by atoms with Crippen LogP contribution in [0.5, 0.6) is 5.88 Å². The van der Waals surface area contributed by atoms with Crippen molar-refractivity contribution < 1.29 is 4.74 Å². The second-order valence-corrected chi connectivity index (χ2v) is 6.06. The molecule has 3 N–H and O–H groups in total. The summed E-state index contributed by atoms with van der Waals surface area (Å²) in [6, 6.07) is 4.07. The van der Waals surface area contributed by atoms with Gasteiger partial charge in [0.05, 0.1) is 12.8 Å². The summed E-state index contributed by atoms with van der Waals surface area (Å²) in [5.41, 5.74) is 6.68. The molecule has 1 heterocycles. The molecule has 19 heavy (non-hydrogen) atoms. The molecular weight excluding hydrogens is 238 g/mol. The highest BCUT2D eigenvalue weighted by Crippen LogP contribution is 2.49. The Morgan fingerprint density at radius 2 is 2.21 bits per heavy atom. The van der Waals surface area contributed by atoms with Crippen molar-refractivity contribution in [1.29, 1.82) is 0 Å². The number of hydrogen-bond acceptors (Lipinski definition) is 4. The highest BCUT2D eigenvalue weighted by atomic mass is 16.5. The van der Waals surface area contributed by atoms with E-state index in [1.54, 1.807) is 13.2 Å². The molecule has 2 bridgehead atoms. The van der Waals surface area contributed by atoms with E-state index in [-0.39, 0.29) is 0 Å².